The average molecular weight is 420 g/mol. The fourth-order valence-electron chi connectivity index (χ4n) is 2.92. The monoisotopic (exact) mass is 420 g/mol. The molecule has 0 bridgehead atoms. The third-order valence-corrected chi connectivity index (χ3v) is 4.95. The van der Waals surface area contributed by atoms with E-state index >= 15 is 0 Å². The summed E-state index contributed by atoms with van der Waals surface area (Å²) in [7, 11) is 0. The molecule has 0 aliphatic heterocycles. The van der Waals surface area contributed by atoms with Gasteiger partial charge in [0, 0.05) is 12.1 Å². The van der Waals surface area contributed by atoms with E-state index in [1.165, 1.54) is 25.1 Å². The van der Waals surface area contributed by atoms with Gasteiger partial charge in [0.25, 0.3) is 0 Å². The number of primary amides is 1. The molecular weight excluding hydrogens is 401 g/mol. The van der Waals surface area contributed by atoms with Crippen molar-refractivity contribution < 1.29 is 32.3 Å². The van der Waals surface area contributed by atoms with E-state index in [-0.39, 0.29) is 17.9 Å². The number of carbonyl (C=O) groups is 3. The number of hydrogen-bond acceptors (Lipinski definition) is 4. The number of ketones is 1. The summed E-state index contributed by atoms with van der Waals surface area (Å²) in [4.78, 5) is 34.8. The van der Waals surface area contributed by atoms with Gasteiger partial charge in [-0.2, -0.15) is 13.2 Å². The van der Waals surface area contributed by atoms with E-state index in [1.807, 2.05) is 0 Å². The Balaban J connectivity index is 1.69. The quantitative estimate of drug-likeness (QED) is 0.528. The average Bonchev–Trinajstić information content (AvgIpc) is 3.49. The third kappa shape index (κ3) is 4.45. The van der Waals surface area contributed by atoms with Gasteiger partial charge in [-0.3, -0.25) is 14.4 Å². The number of nitrogens with two attached hydrogens (primary N) is 1. The number of ether oxygens (including phenoxy) is 1. The molecule has 0 heterocycles. The lowest BCUT2D eigenvalue weighted by atomic mass is 10.1. The van der Waals surface area contributed by atoms with E-state index in [2.05, 4.69) is 5.32 Å². The molecule has 0 spiro atoms. The molecular formula is C21H19F3N2O4. The maximum Gasteiger partial charge on any atom is 0.420 e. The number of nitrogens with one attached hydrogen (secondary N) is 1. The van der Waals surface area contributed by atoms with Crippen molar-refractivity contribution in [3.8, 4) is 11.5 Å². The maximum atomic E-state index is 13.3. The van der Waals surface area contributed by atoms with Crippen LogP contribution in [0.2, 0.25) is 0 Å². The zero-order valence-corrected chi connectivity index (χ0v) is 16.0. The van der Waals surface area contributed by atoms with Crippen LogP contribution in [-0.4, -0.2) is 17.6 Å². The van der Waals surface area contributed by atoms with Crippen LogP contribution in [0.25, 0.3) is 0 Å². The molecule has 9 heteroatoms. The second-order valence-corrected chi connectivity index (χ2v) is 7.14. The minimum Gasteiger partial charge on any atom is -0.457 e. The van der Waals surface area contributed by atoms with Crippen molar-refractivity contribution in [2.45, 2.75) is 32.5 Å². The van der Waals surface area contributed by atoms with Crippen LogP contribution in [0, 0.1) is 5.41 Å². The lowest BCUT2D eigenvalue weighted by molar-refractivity contribution is -0.139. The second-order valence-electron chi connectivity index (χ2n) is 7.14. The predicted molar refractivity (Wildman–Crippen MR) is 101 cm³/mol. The second kappa shape index (κ2) is 7.81. The largest absolute Gasteiger partial charge is 0.457 e. The lowest BCUT2D eigenvalue weighted by Crippen LogP contribution is -2.40. The van der Waals surface area contributed by atoms with Crippen molar-refractivity contribution in [1.82, 2.24) is 5.32 Å². The molecule has 2 amide bonds. The molecule has 0 aromatic heterocycles. The molecule has 30 heavy (non-hydrogen) atoms. The summed E-state index contributed by atoms with van der Waals surface area (Å²) in [5, 5.41) is 2.64. The SMILES string of the molecule is CC(=O)c1ccc(Oc2ccc(CNC(=O)C3(C(N)=O)CC3)cc2)c(C(F)(F)F)c1. The van der Waals surface area contributed by atoms with Crippen LogP contribution < -0.4 is 15.8 Å². The van der Waals surface area contributed by atoms with Crippen molar-refractivity contribution in [1.29, 1.82) is 0 Å². The Kier molecular flexibility index (Phi) is 5.56. The number of hydrogen-bond donors (Lipinski definition) is 2. The Hall–Kier alpha value is -3.36. The van der Waals surface area contributed by atoms with Crippen LogP contribution in [0.1, 0.15) is 41.3 Å². The molecule has 0 radical (unpaired) electrons. The fraction of sp³-hybridized carbons (Fsp3) is 0.286. The summed E-state index contributed by atoms with van der Waals surface area (Å²) in [5.74, 6) is -1.84. The number of amides is 2. The molecule has 0 atom stereocenters. The highest BCUT2D eigenvalue weighted by Crippen LogP contribution is 2.45. The van der Waals surface area contributed by atoms with Gasteiger partial charge in [-0.05, 0) is 55.7 Å². The summed E-state index contributed by atoms with van der Waals surface area (Å²) < 4.78 is 45.4. The smallest absolute Gasteiger partial charge is 0.420 e. The molecule has 1 aliphatic rings. The highest BCUT2D eigenvalue weighted by Gasteiger charge is 2.55. The molecule has 1 aliphatic carbocycles. The van der Waals surface area contributed by atoms with Crippen molar-refractivity contribution in [3.05, 3.63) is 59.2 Å². The van der Waals surface area contributed by atoms with E-state index < -0.39 is 40.5 Å². The summed E-state index contributed by atoms with van der Waals surface area (Å²) in [6, 6.07) is 9.21. The van der Waals surface area contributed by atoms with E-state index in [4.69, 9.17) is 10.5 Å². The third-order valence-electron chi connectivity index (χ3n) is 4.95. The minimum absolute atomic E-state index is 0.0647. The molecule has 2 aromatic rings. The first-order valence-electron chi connectivity index (χ1n) is 9.10. The molecule has 1 saturated carbocycles. The highest BCUT2D eigenvalue weighted by molar-refractivity contribution is 6.07. The van der Waals surface area contributed by atoms with Crippen molar-refractivity contribution >= 4 is 17.6 Å². The molecule has 1 fully saturated rings. The van der Waals surface area contributed by atoms with Gasteiger partial charge >= 0.3 is 6.18 Å². The van der Waals surface area contributed by atoms with Gasteiger partial charge in [-0.1, -0.05) is 12.1 Å². The first kappa shape index (κ1) is 21.4. The Morgan fingerprint density at radius 3 is 2.23 bits per heavy atom. The van der Waals surface area contributed by atoms with Gasteiger partial charge in [0.1, 0.15) is 16.9 Å². The summed E-state index contributed by atoms with van der Waals surface area (Å²) in [6.07, 6.45) is -3.85. The number of alkyl halides is 3. The zero-order chi connectivity index (χ0) is 22.1. The maximum absolute atomic E-state index is 13.3. The highest BCUT2D eigenvalue weighted by atomic mass is 19.4. The first-order valence-corrected chi connectivity index (χ1v) is 9.10. The van der Waals surface area contributed by atoms with E-state index in [1.54, 1.807) is 12.1 Å². The molecule has 0 unspecified atom stereocenters. The van der Waals surface area contributed by atoms with E-state index in [9.17, 15) is 27.6 Å². The number of benzene rings is 2. The van der Waals surface area contributed by atoms with Gasteiger partial charge in [-0.15, -0.1) is 0 Å². The van der Waals surface area contributed by atoms with E-state index in [0.29, 0.717) is 18.4 Å². The number of carbonyl (C=O) groups excluding carboxylic acids is 3. The van der Waals surface area contributed by atoms with Crippen LogP contribution in [0.15, 0.2) is 42.5 Å². The summed E-state index contributed by atoms with van der Waals surface area (Å²) in [5.41, 5.74) is 3.68. The normalized spacial score (nSPS) is 14.7. The van der Waals surface area contributed by atoms with Crippen LogP contribution in [0.4, 0.5) is 13.2 Å². The molecule has 6 nitrogen and oxygen atoms in total. The fourth-order valence-corrected chi connectivity index (χ4v) is 2.92. The number of rotatable bonds is 7. The Morgan fingerprint density at radius 1 is 1.10 bits per heavy atom. The Morgan fingerprint density at radius 2 is 1.73 bits per heavy atom. The van der Waals surface area contributed by atoms with Gasteiger partial charge in [0.2, 0.25) is 11.8 Å². The molecule has 2 aromatic carbocycles. The standard InChI is InChI=1S/C21H19F3N2O4/c1-12(27)14-4-7-17(16(10-14)21(22,23)24)30-15-5-2-13(3-6-15)11-26-19(29)20(8-9-20)18(25)28/h2-7,10H,8-9,11H2,1H3,(H2,25,28)(H,26,29). The van der Waals surface area contributed by atoms with Crippen LogP contribution in [0.3, 0.4) is 0 Å². The van der Waals surface area contributed by atoms with Gasteiger partial charge in [0.15, 0.2) is 5.78 Å². The lowest BCUT2D eigenvalue weighted by Gasteiger charge is -2.15. The first-order chi connectivity index (χ1) is 14.0. The molecule has 0 saturated heterocycles. The van der Waals surface area contributed by atoms with E-state index in [0.717, 1.165) is 12.1 Å². The van der Waals surface area contributed by atoms with Gasteiger partial charge < -0.3 is 15.8 Å². The van der Waals surface area contributed by atoms with Crippen LogP contribution >= 0.6 is 0 Å². The Labute approximate surface area is 170 Å². The molecule has 3 rings (SSSR count). The Bertz CT molecular complexity index is 996. The van der Waals surface area contributed by atoms with Gasteiger partial charge in [0.05, 0.1) is 5.56 Å². The van der Waals surface area contributed by atoms with Gasteiger partial charge in [-0.25, -0.2) is 0 Å². The zero-order valence-electron chi connectivity index (χ0n) is 16.0. The van der Waals surface area contributed by atoms with Crippen molar-refractivity contribution in [2.24, 2.45) is 11.1 Å². The molecule has 158 valence electrons. The number of halogens is 3. The minimum atomic E-state index is -4.69. The summed E-state index contributed by atoms with van der Waals surface area (Å²) >= 11 is 0. The predicted octanol–water partition coefficient (Wildman–Crippen LogP) is 3.58. The molecule has 3 N–H and O–H groups in total. The van der Waals surface area contributed by atoms with Crippen molar-refractivity contribution in [3.63, 3.8) is 0 Å². The van der Waals surface area contributed by atoms with Crippen molar-refractivity contribution in [2.75, 3.05) is 0 Å². The number of Topliss-reactive ketones (excluding diaryl/α,β-unsaturated/α-hetero) is 1. The van der Waals surface area contributed by atoms with Crippen LogP contribution in [-0.2, 0) is 22.3 Å². The van der Waals surface area contributed by atoms with Crippen LogP contribution in [0.5, 0.6) is 11.5 Å². The summed E-state index contributed by atoms with van der Waals surface area (Å²) in [6.45, 7) is 1.32. The topological polar surface area (TPSA) is 98.5 Å².